The zero-order valence-corrected chi connectivity index (χ0v) is 10.7. The molecule has 3 nitrogen and oxygen atoms in total. The first-order valence-corrected chi connectivity index (χ1v) is 6.15. The Bertz CT molecular complexity index is 563. The predicted molar refractivity (Wildman–Crippen MR) is 73.0 cm³/mol. The summed E-state index contributed by atoms with van der Waals surface area (Å²) in [7, 11) is 0. The normalized spacial score (nSPS) is 13.8. The molecule has 0 radical (unpaired) electrons. The Morgan fingerprint density at radius 3 is 2.16 bits per heavy atom. The van der Waals surface area contributed by atoms with Gasteiger partial charge in [-0.15, -0.1) is 0 Å². The van der Waals surface area contributed by atoms with Crippen molar-refractivity contribution in [1.82, 2.24) is 0 Å². The van der Waals surface area contributed by atoms with Gasteiger partial charge in [0, 0.05) is 0 Å². The molecule has 0 aliphatic heterocycles. The minimum absolute atomic E-state index is 0.581. The topological polar surface area (TPSA) is 57.5 Å². The molecule has 0 heterocycles. The molecular weight excluding hydrogens is 240 g/mol. The van der Waals surface area contributed by atoms with E-state index in [4.69, 9.17) is 5.11 Å². The van der Waals surface area contributed by atoms with Crippen molar-refractivity contribution in [2.45, 2.75) is 18.9 Å². The third-order valence-corrected chi connectivity index (χ3v) is 3.21. The van der Waals surface area contributed by atoms with Gasteiger partial charge in [-0.2, -0.15) is 0 Å². The highest BCUT2D eigenvalue weighted by atomic mass is 16.4. The van der Waals surface area contributed by atoms with Crippen molar-refractivity contribution in [1.29, 1.82) is 0 Å². The van der Waals surface area contributed by atoms with E-state index in [2.05, 4.69) is 0 Å². The number of benzene rings is 2. The second-order valence-corrected chi connectivity index (χ2v) is 4.54. The molecule has 0 aliphatic carbocycles. The number of carbonyl (C=O) groups is 1. The maximum absolute atomic E-state index is 11.0. The van der Waals surface area contributed by atoms with Crippen molar-refractivity contribution in [3.8, 4) is 0 Å². The van der Waals surface area contributed by atoms with Gasteiger partial charge in [-0.3, -0.25) is 4.79 Å². The van der Waals surface area contributed by atoms with Crippen LogP contribution in [0.5, 0.6) is 0 Å². The van der Waals surface area contributed by atoms with Crippen LogP contribution in [0.1, 0.15) is 35.6 Å². The lowest BCUT2D eigenvalue weighted by Crippen LogP contribution is -2.08. The highest BCUT2D eigenvalue weighted by Gasteiger charge is 2.16. The Labute approximate surface area is 112 Å². The van der Waals surface area contributed by atoms with Crippen molar-refractivity contribution in [2.24, 2.45) is 0 Å². The van der Waals surface area contributed by atoms with Gasteiger partial charge in [-0.1, -0.05) is 54.6 Å². The summed E-state index contributed by atoms with van der Waals surface area (Å²) in [5.41, 5.74) is 2.19. The van der Waals surface area contributed by atoms with Crippen molar-refractivity contribution >= 4 is 5.97 Å². The first-order chi connectivity index (χ1) is 9.09. The van der Waals surface area contributed by atoms with Crippen molar-refractivity contribution in [2.75, 3.05) is 0 Å². The van der Waals surface area contributed by atoms with Crippen molar-refractivity contribution in [3.05, 3.63) is 71.3 Å². The van der Waals surface area contributed by atoms with Gasteiger partial charge in [0.2, 0.25) is 0 Å². The number of carboxylic acids is 1. The summed E-state index contributed by atoms with van der Waals surface area (Å²) in [5, 5.41) is 19.3. The first-order valence-electron chi connectivity index (χ1n) is 6.15. The smallest absolute Gasteiger partial charge is 0.310 e. The van der Waals surface area contributed by atoms with Crippen LogP contribution in [0.25, 0.3) is 0 Å². The molecule has 0 saturated carbocycles. The van der Waals surface area contributed by atoms with Gasteiger partial charge < -0.3 is 10.2 Å². The Morgan fingerprint density at radius 1 is 0.947 bits per heavy atom. The maximum Gasteiger partial charge on any atom is 0.310 e. The molecular formula is C16H16O3. The zero-order valence-electron chi connectivity index (χ0n) is 10.7. The van der Waals surface area contributed by atoms with E-state index in [0.717, 1.165) is 5.56 Å². The van der Waals surface area contributed by atoms with Gasteiger partial charge in [0.1, 0.15) is 6.10 Å². The number of hydrogen-bond donors (Lipinski definition) is 2. The van der Waals surface area contributed by atoms with Crippen LogP contribution in [0.4, 0.5) is 0 Å². The molecule has 0 aliphatic rings. The highest BCUT2D eigenvalue weighted by molar-refractivity contribution is 5.75. The molecule has 2 atom stereocenters. The average molecular weight is 256 g/mol. The largest absolute Gasteiger partial charge is 0.481 e. The quantitative estimate of drug-likeness (QED) is 0.884. The molecule has 0 spiro atoms. The van der Waals surface area contributed by atoms with Crippen LogP contribution in [-0.2, 0) is 4.79 Å². The van der Waals surface area contributed by atoms with Crippen LogP contribution in [0, 0.1) is 0 Å². The number of rotatable bonds is 4. The second kappa shape index (κ2) is 5.67. The fourth-order valence-corrected chi connectivity index (χ4v) is 1.97. The number of aliphatic hydroxyl groups excluding tert-OH is 1. The van der Waals surface area contributed by atoms with Gasteiger partial charge in [0.05, 0.1) is 5.92 Å². The molecule has 0 bridgehead atoms. The van der Waals surface area contributed by atoms with Gasteiger partial charge in [-0.25, -0.2) is 0 Å². The predicted octanol–water partition coefficient (Wildman–Crippen LogP) is 2.96. The summed E-state index contributed by atoms with van der Waals surface area (Å²) >= 11 is 0. The molecule has 2 aromatic carbocycles. The van der Waals surface area contributed by atoms with E-state index in [0.29, 0.717) is 11.1 Å². The maximum atomic E-state index is 11.0. The Balaban J connectivity index is 2.31. The van der Waals surface area contributed by atoms with E-state index in [1.54, 1.807) is 31.2 Å². The van der Waals surface area contributed by atoms with E-state index in [1.807, 2.05) is 30.3 Å². The summed E-state index contributed by atoms with van der Waals surface area (Å²) in [6.45, 7) is 1.64. The SMILES string of the molecule is CC(C(=O)O)c1cccc(C(O)c2ccccc2)c1. The molecule has 2 N–H and O–H groups in total. The van der Waals surface area contributed by atoms with E-state index >= 15 is 0 Å². The summed E-state index contributed by atoms with van der Waals surface area (Å²) in [5.74, 6) is -1.45. The fourth-order valence-electron chi connectivity index (χ4n) is 1.97. The van der Waals surface area contributed by atoms with E-state index in [-0.39, 0.29) is 0 Å². The summed E-state index contributed by atoms with van der Waals surface area (Å²) in [6, 6.07) is 16.4. The van der Waals surface area contributed by atoms with Gasteiger partial charge in [0.25, 0.3) is 0 Å². The van der Waals surface area contributed by atoms with Crippen LogP contribution in [0.15, 0.2) is 54.6 Å². The zero-order chi connectivity index (χ0) is 13.8. The Hall–Kier alpha value is -2.13. The standard InChI is InChI=1S/C16H16O3/c1-11(16(18)19)13-8-5-9-14(10-13)15(17)12-6-3-2-4-7-12/h2-11,15,17H,1H3,(H,18,19). The molecule has 2 aromatic rings. The molecule has 2 unspecified atom stereocenters. The Morgan fingerprint density at radius 2 is 1.53 bits per heavy atom. The van der Waals surface area contributed by atoms with Crippen LogP contribution >= 0.6 is 0 Å². The third kappa shape index (κ3) is 3.01. The third-order valence-electron chi connectivity index (χ3n) is 3.21. The number of aliphatic carboxylic acids is 1. The summed E-state index contributed by atoms with van der Waals surface area (Å²) in [4.78, 5) is 11.0. The average Bonchev–Trinajstić information content (AvgIpc) is 2.46. The van der Waals surface area contributed by atoms with Crippen LogP contribution in [0.2, 0.25) is 0 Å². The minimum atomic E-state index is -0.869. The number of aliphatic hydroxyl groups is 1. The van der Waals surface area contributed by atoms with E-state index in [9.17, 15) is 9.90 Å². The summed E-state index contributed by atoms with van der Waals surface area (Å²) in [6.07, 6.45) is -0.734. The Kier molecular flexibility index (Phi) is 3.97. The highest BCUT2D eigenvalue weighted by Crippen LogP contribution is 2.25. The molecule has 19 heavy (non-hydrogen) atoms. The van der Waals surface area contributed by atoms with E-state index < -0.39 is 18.0 Å². The fraction of sp³-hybridized carbons (Fsp3) is 0.188. The molecule has 0 aromatic heterocycles. The first kappa shape index (κ1) is 13.3. The van der Waals surface area contributed by atoms with Gasteiger partial charge in [-0.05, 0) is 23.6 Å². The monoisotopic (exact) mass is 256 g/mol. The lowest BCUT2D eigenvalue weighted by Gasteiger charge is -2.14. The molecule has 2 rings (SSSR count). The molecule has 0 amide bonds. The van der Waals surface area contributed by atoms with Crippen molar-refractivity contribution in [3.63, 3.8) is 0 Å². The van der Waals surface area contributed by atoms with Crippen LogP contribution in [-0.4, -0.2) is 16.2 Å². The van der Waals surface area contributed by atoms with Crippen LogP contribution < -0.4 is 0 Å². The molecule has 0 fully saturated rings. The lowest BCUT2D eigenvalue weighted by molar-refractivity contribution is -0.138. The minimum Gasteiger partial charge on any atom is -0.481 e. The lowest BCUT2D eigenvalue weighted by atomic mass is 9.95. The molecule has 3 heteroatoms. The number of hydrogen-bond acceptors (Lipinski definition) is 2. The summed E-state index contributed by atoms with van der Waals surface area (Å²) < 4.78 is 0. The number of carboxylic acid groups (broad SMARTS) is 1. The van der Waals surface area contributed by atoms with Gasteiger partial charge in [0.15, 0.2) is 0 Å². The molecule has 0 saturated heterocycles. The van der Waals surface area contributed by atoms with E-state index in [1.165, 1.54) is 0 Å². The van der Waals surface area contributed by atoms with Gasteiger partial charge >= 0.3 is 5.97 Å². The second-order valence-electron chi connectivity index (χ2n) is 4.54. The van der Waals surface area contributed by atoms with Crippen LogP contribution in [0.3, 0.4) is 0 Å². The molecule has 98 valence electrons. The van der Waals surface area contributed by atoms with Crippen molar-refractivity contribution < 1.29 is 15.0 Å².